The number of ketones is 1. The Morgan fingerprint density at radius 3 is 2.56 bits per heavy atom. The van der Waals surface area contributed by atoms with Gasteiger partial charge in [0, 0.05) is 0 Å². The van der Waals surface area contributed by atoms with E-state index in [0.29, 0.717) is 10.7 Å². The summed E-state index contributed by atoms with van der Waals surface area (Å²) in [5.74, 6) is -1.15. The molecule has 0 saturated heterocycles. The third-order valence-corrected chi connectivity index (χ3v) is 2.71. The monoisotopic (exact) mass is 239 g/mol. The van der Waals surface area contributed by atoms with Gasteiger partial charge in [-0.1, -0.05) is 17.7 Å². The van der Waals surface area contributed by atoms with E-state index in [4.69, 9.17) is 11.6 Å². The Hall–Kier alpha value is -1.35. The Morgan fingerprint density at radius 2 is 2.00 bits per heavy atom. The minimum absolute atomic E-state index is 0.165. The highest BCUT2D eigenvalue weighted by Gasteiger charge is 2.18. The fraction of sp³-hybridized carbons (Fsp3) is 0.333. The van der Waals surface area contributed by atoms with Crippen molar-refractivity contribution in [2.75, 3.05) is 5.32 Å². The van der Waals surface area contributed by atoms with Crippen molar-refractivity contribution in [2.24, 2.45) is 5.92 Å². The maximum Gasteiger partial charge on any atom is 0.234 e. The van der Waals surface area contributed by atoms with E-state index in [1.807, 2.05) is 13.0 Å². The van der Waals surface area contributed by atoms with E-state index in [1.165, 1.54) is 6.92 Å². The standard InChI is InChI=1S/C12H14ClNO2/c1-7-4-5-10(13)11(6-7)14-12(16)8(2)9(3)15/h4-6,8H,1-3H3,(H,14,16). The van der Waals surface area contributed by atoms with Gasteiger partial charge >= 0.3 is 0 Å². The number of carbonyl (C=O) groups excluding carboxylic acids is 2. The van der Waals surface area contributed by atoms with Crippen LogP contribution in [0.4, 0.5) is 5.69 Å². The molecule has 86 valence electrons. The number of nitrogens with one attached hydrogen (secondary N) is 1. The fourth-order valence-corrected chi connectivity index (χ4v) is 1.33. The molecule has 3 nitrogen and oxygen atoms in total. The number of halogens is 1. The summed E-state index contributed by atoms with van der Waals surface area (Å²) in [6.07, 6.45) is 0. The highest BCUT2D eigenvalue weighted by atomic mass is 35.5. The SMILES string of the molecule is CC(=O)C(C)C(=O)Nc1cc(C)ccc1Cl. The number of hydrogen-bond acceptors (Lipinski definition) is 2. The van der Waals surface area contributed by atoms with Gasteiger partial charge in [0.15, 0.2) is 0 Å². The van der Waals surface area contributed by atoms with Crippen molar-refractivity contribution in [3.05, 3.63) is 28.8 Å². The summed E-state index contributed by atoms with van der Waals surface area (Å²) in [6, 6.07) is 5.34. The molecule has 1 rings (SSSR count). The van der Waals surface area contributed by atoms with Gasteiger partial charge in [-0.3, -0.25) is 9.59 Å². The second-order valence-corrected chi connectivity index (χ2v) is 4.21. The first-order valence-corrected chi connectivity index (χ1v) is 5.37. The first-order valence-electron chi connectivity index (χ1n) is 4.99. The number of rotatable bonds is 3. The quantitative estimate of drug-likeness (QED) is 0.825. The van der Waals surface area contributed by atoms with Crippen molar-refractivity contribution in [1.29, 1.82) is 0 Å². The number of hydrogen-bond donors (Lipinski definition) is 1. The number of carbonyl (C=O) groups is 2. The summed E-state index contributed by atoms with van der Waals surface area (Å²) in [5, 5.41) is 3.11. The number of anilines is 1. The Morgan fingerprint density at radius 1 is 1.38 bits per heavy atom. The molecule has 0 saturated carbocycles. The van der Waals surface area contributed by atoms with Gasteiger partial charge in [-0.15, -0.1) is 0 Å². The summed E-state index contributed by atoms with van der Waals surface area (Å²) in [5.41, 5.74) is 1.54. The molecule has 1 unspecified atom stereocenters. The second kappa shape index (κ2) is 5.12. The zero-order chi connectivity index (χ0) is 12.3. The highest BCUT2D eigenvalue weighted by Crippen LogP contribution is 2.23. The molecule has 0 aliphatic rings. The number of benzene rings is 1. The molecule has 1 atom stereocenters. The van der Waals surface area contributed by atoms with Crippen LogP contribution in [0, 0.1) is 12.8 Å². The fourth-order valence-electron chi connectivity index (χ4n) is 1.16. The van der Waals surface area contributed by atoms with Crippen molar-refractivity contribution in [3.63, 3.8) is 0 Å². The maximum absolute atomic E-state index is 11.6. The molecule has 0 aromatic heterocycles. The third kappa shape index (κ3) is 3.07. The topological polar surface area (TPSA) is 46.2 Å². The predicted molar refractivity (Wildman–Crippen MR) is 64.7 cm³/mol. The normalized spacial score (nSPS) is 12.0. The van der Waals surface area contributed by atoms with Crippen LogP contribution in [0.2, 0.25) is 5.02 Å². The van der Waals surface area contributed by atoms with Crippen molar-refractivity contribution in [1.82, 2.24) is 0 Å². The average Bonchev–Trinajstić information content (AvgIpc) is 2.22. The van der Waals surface area contributed by atoms with E-state index in [0.717, 1.165) is 5.56 Å². The molecule has 0 heterocycles. The molecular weight excluding hydrogens is 226 g/mol. The van der Waals surface area contributed by atoms with Crippen LogP contribution in [0.3, 0.4) is 0 Å². The van der Waals surface area contributed by atoms with Crippen LogP contribution in [0.15, 0.2) is 18.2 Å². The van der Waals surface area contributed by atoms with Gasteiger partial charge in [0.2, 0.25) is 5.91 Å². The van der Waals surface area contributed by atoms with E-state index in [9.17, 15) is 9.59 Å². The molecule has 0 aliphatic carbocycles. The number of amides is 1. The lowest BCUT2D eigenvalue weighted by atomic mass is 10.1. The first kappa shape index (κ1) is 12.7. The second-order valence-electron chi connectivity index (χ2n) is 3.80. The summed E-state index contributed by atoms with van der Waals surface area (Å²) in [6.45, 7) is 4.86. The average molecular weight is 240 g/mol. The maximum atomic E-state index is 11.6. The lowest BCUT2D eigenvalue weighted by Gasteiger charge is -2.11. The number of aryl methyl sites for hydroxylation is 1. The summed E-state index contributed by atoms with van der Waals surface area (Å²) in [7, 11) is 0. The van der Waals surface area contributed by atoms with Crippen LogP contribution in [0.25, 0.3) is 0 Å². The molecule has 16 heavy (non-hydrogen) atoms. The van der Waals surface area contributed by atoms with Crippen molar-refractivity contribution in [3.8, 4) is 0 Å². The van der Waals surface area contributed by atoms with E-state index in [2.05, 4.69) is 5.32 Å². The molecule has 1 aromatic carbocycles. The van der Waals surface area contributed by atoms with E-state index in [1.54, 1.807) is 19.1 Å². The third-order valence-electron chi connectivity index (χ3n) is 2.38. The highest BCUT2D eigenvalue weighted by molar-refractivity contribution is 6.33. The van der Waals surface area contributed by atoms with Crippen molar-refractivity contribution in [2.45, 2.75) is 20.8 Å². The predicted octanol–water partition coefficient (Wildman–Crippen LogP) is 2.81. The van der Waals surface area contributed by atoms with Crippen LogP contribution >= 0.6 is 11.6 Å². The van der Waals surface area contributed by atoms with Gasteiger partial charge < -0.3 is 5.32 Å². The van der Waals surface area contributed by atoms with Crippen molar-refractivity contribution < 1.29 is 9.59 Å². The first-order chi connectivity index (χ1) is 7.41. The number of Topliss-reactive ketones (excluding diaryl/α,β-unsaturated/α-hetero) is 1. The molecule has 0 aliphatic heterocycles. The molecular formula is C12H14ClNO2. The molecule has 0 radical (unpaired) electrons. The minimum atomic E-state index is -0.656. The van der Waals surface area contributed by atoms with Crippen LogP contribution < -0.4 is 5.32 Å². The van der Waals surface area contributed by atoms with Crippen molar-refractivity contribution >= 4 is 29.0 Å². The Kier molecular flexibility index (Phi) is 4.07. The van der Waals surface area contributed by atoms with Gasteiger partial charge in [-0.2, -0.15) is 0 Å². The van der Waals surface area contributed by atoms with E-state index >= 15 is 0 Å². The molecule has 0 spiro atoms. The van der Waals surface area contributed by atoms with Crippen LogP contribution in [0.1, 0.15) is 19.4 Å². The Bertz CT molecular complexity index is 429. The molecule has 1 N–H and O–H groups in total. The molecule has 1 amide bonds. The van der Waals surface area contributed by atoms with Gasteiger partial charge in [-0.25, -0.2) is 0 Å². The lowest BCUT2D eigenvalue weighted by Crippen LogP contribution is -2.25. The molecule has 1 aromatic rings. The van der Waals surface area contributed by atoms with Gasteiger partial charge in [0.1, 0.15) is 5.78 Å². The lowest BCUT2D eigenvalue weighted by molar-refractivity contribution is -0.129. The molecule has 0 fully saturated rings. The Labute approximate surface area is 99.8 Å². The molecule has 0 bridgehead atoms. The van der Waals surface area contributed by atoms with Crippen LogP contribution in [0.5, 0.6) is 0 Å². The van der Waals surface area contributed by atoms with Gasteiger partial charge in [0.25, 0.3) is 0 Å². The van der Waals surface area contributed by atoms with Gasteiger partial charge in [0.05, 0.1) is 16.6 Å². The summed E-state index contributed by atoms with van der Waals surface area (Å²) in [4.78, 5) is 22.7. The van der Waals surface area contributed by atoms with Crippen LogP contribution in [-0.4, -0.2) is 11.7 Å². The summed E-state index contributed by atoms with van der Waals surface area (Å²) >= 11 is 5.92. The minimum Gasteiger partial charge on any atom is -0.324 e. The Balaban J connectivity index is 2.84. The smallest absolute Gasteiger partial charge is 0.234 e. The van der Waals surface area contributed by atoms with Gasteiger partial charge in [-0.05, 0) is 38.5 Å². The van der Waals surface area contributed by atoms with E-state index in [-0.39, 0.29) is 11.7 Å². The zero-order valence-electron chi connectivity index (χ0n) is 9.50. The van der Waals surface area contributed by atoms with E-state index < -0.39 is 5.92 Å². The largest absolute Gasteiger partial charge is 0.324 e. The summed E-state index contributed by atoms with van der Waals surface area (Å²) < 4.78 is 0. The zero-order valence-corrected chi connectivity index (χ0v) is 10.3. The van der Waals surface area contributed by atoms with Crippen LogP contribution in [-0.2, 0) is 9.59 Å². The molecule has 4 heteroatoms.